The third kappa shape index (κ3) is 11.8. The Kier molecular flexibility index (Phi) is 21.2. The SMILES string of the molecule is C.C.Oc1ccccc1-c1nc2ccc(-c3ccc4nc(-c5ccccc5O)sc4c3)cc2s1.Oc1ccccc1-c1nc2ccc(-c3ccc4nc(-c5ccccc5O)sc4c3)cc2s1.[CH3-].[CH3-].[CH3-].[CH3-].[Zn+2].[Zn+2]. The molecule has 0 amide bonds. The van der Waals surface area contributed by atoms with Crippen LogP contribution in [0.1, 0.15) is 14.9 Å². The zero-order chi connectivity index (χ0) is 43.3. The van der Waals surface area contributed by atoms with Crippen LogP contribution in [0.5, 0.6) is 23.0 Å². The molecule has 0 atom stereocenters. The Balaban J connectivity index is 0.000000342. The first-order valence-electron chi connectivity index (χ1n) is 20.1. The van der Waals surface area contributed by atoms with E-state index >= 15 is 0 Å². The van der Waals surface area contributed by atoms with Crippen LogP contribution in [0.3, 0.4) is 0 Å². The van der Waals surface area contributed by atoms with Crippen molar-refractivity contribution in [3.05, 3.63) is 200 Å². The van der Waals surface area contributed by atoms with Crippen LogP contribution >= 0.6 is 45.3 Å². The van der Waals surface area contributed by atoms with E-state index < -0.39 is 0 Å². The molecule has 356 valence electrons. The number of para-hydroxylation sites is 4. The molecule has 4 N–H and O–H groups in total. The average molecular weight is 1130 g/mol. The molecule has 8 aromatic carbocycles. The van der Waals surface area contributed by atoms with Crippen LogP contribution in [-0.2, 0) is 39.0 Å². The van der Waals surface area contributed by atoms with Crippen molar-refractivity contribution in [3.8, 4) is 87.5 Å². The molecular weight excluding hydrogens is 1080 g/mol. The maximum Gasteiger partial charge on any atom is 2.00 e. The molecule has 0 aliphatic carbocycles. The van der Waals surface area contributed by atoms with Gasteiger partial charge in [-0.05, 0) is 119 Å². The van der Waals surface area contributed by atoms with Crippen LogP contribution in [0.4, 0.5) is 0 Å². The largest absolute Gasteiger partial charge is 2.00 e. The summed E-state index contributed by atoms with van der Waals surface area (Å²) in [5.41, 5.74) is 11.1. The fraction of sp³-hybridized carbons (Fsp3) is 0.0345. The summed E-state index contributed by atoms with van der Waals surface area (Å²) in [5.74, 6) is 0.954. The molecule has 0 saturated carbocycles. The molecule has 0 radical (unpaired) electrons. The van der Waals surface area contributed by atoms with E-state index in [1.807, 2.05) is 97.1 Å². The summed E-state index contributed by atoms with van der Waals surface area (Å²) in [6, 6.07) is 54.1. The molecular formula is C58H52N4O4S4Zn2. The van der Waals surface area contributed by atoms with Crippen LogP contribution in [-0.4, -0.2) is 40.4 Å². The zero-order valence-corrected chi connectivity index (χ0v) is 48.0. The van der Waals surface area contributed by atoms with Gasteiger partial charge in [0.1, 0.15) is 43.0 Å². The minimum Gasteiger partial charge on any atom is -0.507 e. The summed E-state index contributed by atoms with van der Waals surface area (Å²) in [4.78, 5) is 18.8. The number of benzene rings is 8. The first-order chi connectivity index (χ1) is 31.3. The van der Waals surface area contributed by atoms with Crippen molar-refractivity contribution < 1.29 is 59.4 Å². The molecule has 12 rings (SSSR count). The van der Waals surface area contributed by atoms with Gasteiger partial charge in [0, 0.05) is 0 Å². The normalized spacial score (nSPS) is 10.1. The Morgan fingerprint density at radius 1 is 0.278 bits per heavy atom. The molecule has 4 aromatic heterocycles. The van der Waals surface area contributed by atoms with Crippen molar-refractivity contribution in [2.45, 2.75) is 14.9 Å². The monoisotopic (exact) mass is 1120 g/mol. The van der Waals surface area contributed by atoms with Crippen LogP contribution in [0, 0.1) is 29.7 Å². The minimum absolute atomic E-state index is 0. The van der Waals surface area contributed by atoms with E-state index in [0.29, 0.717) is 0 Å². The molecule has 4 heterocycles. The van der Waals surface area contributed by atoms with Crippen molar-refractivity contribution in [2.75, 3.05) is 0 Å². The summed E-state index contributed by atoms with van der Waals surface area (Å²) in [7, 11) is 0. The van der Waals surface area contributed by atoms with Gasteiger partial charge in [-0.25, -0.2) is 19.9 Å². The summed E-state index contributed by atoms with van der Waals surface area (Å²) in [6.07, 6.45) is 0. The van der Waals surface area contributed by atoms with Crippen LogP contribution < -0.4 is 0 Å². The molecule has 12 aromatic rings. The van der Waals surface area contributed by atoms with E-state index in [1.54, 1.807) is 69.6 Å². The molecule has 8 nitrogen and oxygen atoms in total. The van der Waals surface area contributed by atoms with E-state index in [4.69, 9.17) is 19.9 Å². The van der Waals surface area contributed by atoms with Gasteiger partial charge in [-0.2, -0.15) is 0 Å². The third-order valence-electron chi connectivity index (χ3n) is 10.8. The van der Waals surface area contributed by atoms with Crippen molar-refractivity contribution in [3.63, 3.8) is 0 Å². The summed E-state index contributed by atoms with van der Waals surface area (Å²) < 4.78 is 4.28. The number of hydrogen-bond acceptors (Lipinski definition) is 12. The van der Waals surface area contributed by atoms with Crippen LogP contribution in [0.25, 0.3) is 105 Å². The van der Waals surface area contributed by atoms with E-state index in [9.17, 15) is 20.4 Å². The zero-order valence-electron chi connectivity index (χ0n) is 38.8. The van der Waals surface area contributed by atoms with E-state index in [-0.39, 0.29) is 107 Å². The predicted octanol–water partition coefficient (Wildman–Crippen LogP) is 17.7. The standard InChI is InChI=1S/2C26H16N2O2S2.2CH4.4CH3.2Zn/c2*29-21-7-3-1-5-17(21)25-27-19-11-9-15(13-23(19)31-25)16-10-12-20-24(14-16)32-26(28-20)18-6-2-4-8-22(18)30;;;;;;;;/h2*1-14,29-30H;2*1H4;4*1H3;;/q;;;;4*-1;2*+2. The molecule has 0 aliphatic heterocycles. The van der Waals surface area contributed by atoms with E-state index in [1.165, 1.54) is 0 Å². The Bertz CT molecular complexity index is 3250. The van der Waals surface area contributed by atoms with Gasteiger partial charge in [0.05, 0.1) is 63.1 Å². The number of fused-ring (bicyclic) bond motifs is 4. The van der Waals surface area contributed by atoms with Crippen molar-refractivity contribution in [1.29, 1.82) is 0 Å². The number of rotatable bonds is 6. The molecule has 0 fully saturated rings. The quantitative estimate of drug-likeness (QED) is 0.0956. The molecule has 72 heavy (non-hydrogen) atoms. The molecule has 0 bridgehead atoms. The summed E-state index contributed by atoms with van der Waals surface area (Å²) >= 11 is 6.29. The Labute approximate surface area is 463 Å². The van der Waals surface area contributed by atoms with Gasteiger partial charge in [-0.3, -0.25) is 0 Å². The topological polar surface area (TPSA) is 132 Å². The van der Waals surface area contributed by atoms with E-state index in [0.717, 1.165) is 105 Å². The van der Waals surface area contributed by atoms with Gasteiger partial charge in [0.15, 0.2) is 0 Å². The average Bonchev–Trinajstić information content (AvgIpc) is 4.13. The second-order valence-corrected chi connectivity index (χ2v) is 19.0. The minimum atomic E-state index is 0. The number of hydrogen-bond donors (Lipinski definition) is 4. The smallest absolute Gasteiger partial charge is 0.507 e. The Morgan fingerprint density at radius 3 is 0.667 bits per heavy atom. The number of phenolic OH excluding ortho intramolecular Hbond substituents is 4. The van der Waals surface area contributed by atoms with Gasteiger partial charge in [-0.15, -0.1) is 45.3 Å². The van der Waals surface area contributed by atoms with E-state index in [2.05, 4.69) is 48.5 Å². The first kappa shape index (κ1) is 60.1. The molecule has 0 spiro atoms. The summed E-state index contributed by atoms with van der Waals surface area (Å²) in [6.45, 7) is 0. The van der Waals surface area contributed by atoms with Gasteiger partial charge in [0.2, 0.25) is 0 Å². The fourth-order valence-electron chi connectivity index (χ4n) is 7.50. The van der Waals surface area contributed by atoms with Crippen molar-refractivity contribution in [2.24, 2.45) is 0 Å². The number of thiazole rings is 4. The fourth-order valence-corrected chi connectivity index (χ4v) is 11.7. The van der Waals surface area contributed by atoms with Crippen LogP contribution in [0.15, 0.2) is 170 Å². The summed E-state index contributed by atoms with van der Waals surface area (Å²) in [5, 5.41) is 43.9. The third-order valence-corrected chi connectivity index (χ3v) is 15.0. The van der Waals surface area contributed by atoms with Gasteiger partial charge in [-0.1, -0.05) is 87.6 Å². The molecule has 0 aliphatic rings. The second kappa shape index (κ2) is 25.4. The predicted molar refractivity (Wildman–Crippen MR) is 304 cm³/mol. The molecule has 0 saturated heterocycles. The molecule has 14 heteroatoms. The van der Waals surface area contributed by atoms with Crippen molar-refractivity contribution >= 4 is 86.2 Å². The Hall–Kier alpha value is -6.23. The van der Waals surface area contributed by atoms with Crippen LogP contribution in [0.2, 0.25) is 0 Å². The van der Waals surface area contributed by atoms with Gasteiger partial charge < -0.3 is 50.1 Å². The number of phenols is 4. The number of nitrogens with zero attached hydrogens (tertiary/aromatic N) is 4. The maximum atomic E-state index is 10.2. The number of aromatic hydroxyl groups is 4. The maximum absolute atomic E-state index is 10.2. The number of aromatic nitrogens is 4. The molecule has 0 unspecified atom stereocenters. The first-order valence-corrected chi connectivity index (χ1v) is 23.3. The second-order valence-electron chi connectivity index (χ2n) is 14.9. The van der Waals surface area contributed by atoms with Gasteiger partial charge >= 0.3 is 39.0 Å². The van der Waals surface area contributed by atoms with Crippen molar-refractivity contribution in [1.82, 2.24) is 19.9 Å². The Morgan fingerprint density at radius 2 is 0.472 bits per heavy atom. The van der Waals surface area contributed by atoms with Gasteiger partial charge in [0.25, 0.3) is 0 Å².